The third-order valence-corrected chi connectivity index (χ3v) is 4.34. The Balaban J connectivity index is 2.25. The molecule has 5 heteroatoms. The van der Waals surface area contributed by atoms with Crippen LogP contribution in [0.1, 0.15) is 45.1 Å². The SMILES string of the molecule is CC(C)C1CCCCC1Nc1ccc(C#N)cc1[N+](=O)[O-]. The van der Waals surface area contributed by atoms with E-state index in [-0.39, 0.29) is 11.7 Å². The minimum Gasteiger partial charge on any atom is -0.376 e. The van der Waals surface area contributed by atoms with Crippen molar-refractivity contribution in [1.29, 1.82) is 5.26 Å². The number of hydrogen-bond donors (Lipinski definition) is 1. The van der Waals surface area contributed by atoms with Crippen molar-refractivity contribution in [3.05, 3.63) is 33.9 Å². The number of nitrogens with one attached hydrogen (secondary N) is 1. The van der Waals surface area contributed by atoms with Crippen LogP contribution >= 0.6 is 0 Å². The van der Waals surface area contributed by atoms with Gasteiger partial charge in [0.25, 0.3) is 5.69 Å². The fourth-order valence-electron chi connectivity index (χ4n) is 3.21. The lowest BCUT2D eigenvalue weighted by Crippen LogP contribution is -2.35. The first-order valence-electron chi connectivity index (χ1n) is 7.48. The molecule has 0 amide bonds. The van der Waals surface area contributed by atoms with Crippen molar-refractivity contribution in [2.75, 3.05) is 5.32 Å². The molecular formula is C16H21N3O2. The molecule has 2 atom stereocenters. The monoisotopic (exact) mass is 287 g/mol. The molecule has 0 aromatic heterocycles. The molecular weight excluding hydrogens is 266 g/mol. The zero-order valence-corrected chi connectivity index (χ0v) is 12.5. The van der Waals surface area contributed by atoms with Gasteiger partial charge in [-0.3, -0.25) is 10.1 Å². The smallest absolute Gasteiger partial charge is 0.293 e. The third-order valence-electron chi connectivity index (χ3n) is 4.34. The highest BCUT2D eigenvalue weighted by Gasteiger charge is 2.29. The number of nitro benzene ring substituents is 1. The predicted molar refractivity (Wildman–Crippen MR) is 82.0 cm³/mol. The summed E-state index contributed by atoms with van der Waals surface area (Å²) in [5.41, 5.74) is 0.829. The average molecular weight is 287 g/mol. The van der Waals surface area contributed by atoms with Gasteiger partial charge in [-0.05, 0) is 36.8 Å². The van der Waals surface area contributed by atoms with Crippen molar-refractivity contribution in [2.45, 2.75) is 45.6 Å². The fraction of sp³-hybridized carbons (Fsp3) is 0.562. The summed E-state index contributed by atoms with van der Waals surface area (Å²) in [6, 6.07) is 6.84. The second-order valence-electron chi connectivity index (χ2n) is 6.04. The minimum absolute atomic E-state index is 0.0119. The van der Waals surface area contributed by atoms with E-state index in [0.717, 1.165) is 12.8 Å². The van der Waals surface area contributed by atoms with E-state index in [4.69, 9.17) is 5.26 Å². The summed E-state index contributed by atoms with van der Waals surface area (Å²) in [5, 5.41) is 23.4. The number of nitrogens with zero attached hydrogens (tertiary/aromatic N) is 2. The van der Waals surface area contributed by atoms with Gasteiger partial charge in [-0.25, -0.2) is 0 Å². The average Bonchev–Trinajstić information content (AvgIpc) is 2.47. The largest absolute Gasteiger partial charge is 0.376 e. The normalized spacial score (nSPS) is 21.8. The van der Waals surface area contributed by atoms with Crippen LogP contribution in [-0.4, -0.2) is 11.0 Å². The molecule has 1 aromatic rings. The summed E-state index contributed by atoms with van der Waals surface area (Å²) in [6.07, 6.45) is 4.60. The minimum atomic E-state index is -0.420. The van der Waals surface area contributed by atoms with Crippen molar-refractivity contribution in [3.63, 3.8) is 0 Å². The zero-order valence-electron chi connectivity index (χ0n) is 12.5. The highest BCUT2D eigenvalue weighted by Crippen LogP contribution is 2.34. The van der Waals surface area contributed by atoms with Crippen LogP contribution in [0.5, 0.6) is 0 Å². The van der Waals surface area contributed by atoms with Crippen LogP contribution < -0.4 is 5.32 Å². The second kappa shape index (κ2) is 6.57. The number of hydrogen-bond acceptors (Lipinski definition) is 4. The second-order valence-corrected chi connectivity index (χ2v) is 6.04. The molecule has 0 bridgehead atoms. The van der Waals surface area contributed by atoms with Crippen molar-refractivity contribution in [1.82, 2.24) is 0 Å². The van der Waals surface area contributed by atoms with Crippen LogP contribution in [0, 0.1) is 33.3 Å². The molecule has 0 spiro atoms. The van der Waals surface area contributed by atoms with Crippen molar-refractivity contribution in [3.8, 4) is 6.07 Å². The van der Waals surface area contributed by atoms with Gasteiger partial charge in [0.1, 0.15) is 5.69 Å². The standard InChI is InChI=1S/C16H21N3O2/c1-11(2)13-5-3-4-6-14(13)18-15-8-7-12(10-17)9-16(15)19(20)21/h7-9,11,13-14,18H,3-6H2,1-2H3. The Hall–Kier alpha value is -2.09. The van der Waals surface area contributed by atoms with Gasteiger partial charge in [0, 0.05) is 12.1 Å². The molecule has 0 saturated heterocycles. The van der Waals surface area contributed by atoms with E-state index < -0.39 is 4.92 Å². The summed E-state index contributed by atoms with van der Waals surface area (Å²) in [4.78, 5) is 10.8. The summed E-state index contributed by atoms with van der Waals surface area (Å²) in [7, 11) is 0. The maximum atomic E-state index is 11.2. The van der Waals surface area contributed by atoms with Crippen molar-refractivity contribution < 1.29 is 4.92 Å². The van der Waals surface area contributed by atoms with E-state index in [1.807, 2.05) is 6.07 Å². The molecule has 1 N–H and O–H groups in total. The van der Waals surface area contributed by atoms with Crippen LogP contribution in [0.2, 0.25) is 0 Å². The van der Waals surface area contributed by atoms with Crippen LogP contribution in [0.4, 0.5) is 11.4 Å². The molecule has 1 aliphatic rings. The highest BCUT2D eigenvalue weighted by molar-refractivity contribution is 5.64. The van der Waals surface area contributed by atoms with Gasteiger partial charge in [0.15, 0.2) is 0 Å². The molecule has 0 aliphatic heterocycles. The molecule has 0 radical (unpaired) electrons. The third kappa shape index (κ3) is 3.52. The molecule has 5 nitrogen and oxygen atoms in total. The quantitative estimate of drug-likeness (QED) is 0.668. The van der Waals surface area contributed by atoms with E-state index in [2.05, 4.69) is 19.2 Å². The Morgan fingerprint density at radius 1 is 1.38 bits per heavy atom. The zero-order chi connectivity index (χ0) is 15.4. The van der Waals surface area contributed by atoms with Crippen LogP contribution in [0.25, 0.3) is 0 Å². The highest BCUT2D eigenvalue weighted by atomic mass is 16.6. The first-order chi connectivity index (χ1) is 10.0. The fourth-order valence-corrected chi connectivity index (χ4v) is 3.21. The molecule has 112 valence electrons. The predicted octanol–water partition coefficient (Wildman–Crippen LogP) is 4.09. The molecule has 2 rings (SSSR count). The Morgan fingerprint density at radius 3 is 2.71 bits per heavy atom. The van der Waals surface area contributed by atoms with E-state index >= 15 is 0 Å². The lowest BCUT2D eigenvalue weighted by Gasteiger charge is -2.35. The summed E-state index contributed by atoms with van der Waals surface area (Å²) in [6.45, 7) is 4.41. The molecule has 1 fully saturated rings. The maximum Gasteiger partial charge on any atom is 0.293 e. The molecule has 2 unspecified atom stereocenters. The number of nitro groups is 1. The van der Waals surface area contributed by atoms with Crippen molar-refractivity contribution in [2.24, 2.45) is 11.8 Å². The first kappa shape index (κ1) is 15.3. The molecule has 21 heavy (non-hydrogen) atoms. The molecule has 0 heterocycles. The van der Waals surface area contributed by atoms with Gasteiger partial charge in [-0.1, -0.05) is 26.7 Å². The Kier molecular flexibility index (Phi) is 4.79. The molecule has 1 aromatic carbocycles. The molecule has 1 aliphatic carbocycles. The van der Waals surface area contributed by atoms with Crippen molar-refractivity contribution >= 4 is 11.4 Å². The summed E-state index contributed by atoms with van der Waals surface area (Å²) < 4.78 is 0. The van der Waals surface area contributed by atoms with Gasteiger partial charge >= 0.3 is 0 Å². The number of benzene rings is 1. The van der Waals surface area contributed by atoms with E-state index in [1.165, 1.54) is 18.9 Å². The Morgan fingerprint density at radius 2 is 2.10 bits per heavy atom. The lowest BCUT2D eigenvalue weighted by molar-refractivity contribution is -0.384. The number of rotatable bonds is 4. The van der Waals surface area contributed by atoms with Gasteiger partial charge in [-0.2, -0.15) is 5.26 Å². The topological polar surface area (TPSA) is 79.0 Å². The van der Waals surface area contributed by atoms with Crippen LogP contribution in [0.3, 0.4) is 0 Å². The number of nitriles is 1. The van der Waals surface area contributed by atoms with Crippen LogP contribution in [-0.2, 0) is 0 Å². The maximum absolute atomic E-state index is 11.2. The van der Waals surface area contributed by atoms with Gasteiger partial charge < -0.3 is 5.32 Å². The van der Waals surface area contributed by atoms with Gasteiger partial charge in [-0.15, -0.1) is 0 Å². The Bertz CT molecular complexity index is 563. The Labute approximate surface area is 125 Å². The molecule has 1 saturated carbocycles. The first-order valence-corrected chi connectivity index (χ1v) is 7.48. The van der Waals surface area contributed by atoms with Gasteiger partial charge in [0.2, 0.25) is 0 Å². The van der Waals surface area contributed by atoms with Crippen LogP contribution in [0.15, 0.2) is 18.2 Å². The summed E-state index contributed by atoms with van der Waals surface area (Å²) in [5.74, 6) is 1.09. The van der Waals surface area contributed by atoms with E-state index in [1.54, 1.807) is 12.1 Å². The van der Waals surface area contributed by atoms with Gasteiger partial charge in [0.05, 0.1) is 16.6 Å². The number of anilines is 1. The van der Waals surface area contributed by atoms with E-state index in [9.17, 15) is 10.1 Å². The van der Waals surface area contributed by atoms with E-state index in [0.29, 0.717) is 23.1 Å². The lowest BCUT2D eigenvalue weighted by atomic mass is 9.77. The summed E-state index contributed by atoms with van der Waals surface area (Å²) >= 11 is 0.